The molecule has 0 saturated carbocycles. The molecular formula is C24H40I2O10. The molecular weight excluding hydrogens is 702 g/mol. The molecule has 1 aromatic carbocycles. The number of halogens is 2. The average molecular weight is 742 g/mol. The SMILES string of the molecule is COCCOCCOCCOCCOc1c(I)ccc(I)c1OCCOCCOCCOCCOC. The molecule has 10 nitrogen and oxygen atoms in total. The van der Waals surface area contributed by atoms with Gasteiger partial charge in [0.25, 0.3) is 0 Å². The molecule has 36 heavy (non-hydrogen) atoms. The fraction of sp³-hybridized carbons (Fsp3) is 0.750. The van der Waals surface area contributed by atoms with E-state index in [0.717, 1.165) is 7.14 Å². The van der Waals surface area contributed by atoms with Gasteiger partial charge in [0.15, 0.2) is 11.5 Å². The molecule has 0 spiro atoms. The van der Waals surface area contributed by atoms with E-state index in [1.165, 1.54) is 0 Å². The Hall–Kier alpha value is -0.0400. The highest BCUT2D eigenvalue weighted by Gasteiger charge is 2.14. The minimum atomic E-state index is 0.412. The van der Waals surface area contributed by atoms with E-state index >= 15 is 0 Å². The first-order chi connectivity index (χ1) is 17.7. The number of hydrogen-bond donors (Lipinski definition) is 0. The molecule has 0 saturated heterocycles. The van der Waals surface area contributed by atoms with E-state index in [1.54, 1.807) is 14.2 Å². The van der Waals surface area contributed by atoms with Crippen molar-refractivity contribution in [3.63, 3.8) is 0 Å². The number of rotatable bonds is 26. The highest BCUT2D eigenvalue weighted by molar-refractivity contribution is 14.1. The summed E-state index contributed by atoms with van der Waals surface area (Å²) in [7, 11) is 3.29. The predicted octanol–water partition coefficient (Wildman–Crippen LogP) is 3.05. The van der Waals surface area contributed by atoms with Gasteiger partial charge >= 0.3 is 0 Å². The zero-order valence-electron chi connectivity index (χ0n) is 21.3. The van der Waals surface area contributed by atoms with E-state index < -0.39 is 0 Å². The summed E-state index contributed by atoms with van der Waals surface area (Å²) in [5.74, 6) is 1.43. The lowest BCUT2D eigenvalue weighted by Gasteiger charge is -2.16. The van der Waals surface area contributed by atoms with Crippen LogP contribution in [0, 0.1) is 7.14 Å². The van der Waals surface area contributed by atoms with Crippen LogP contribution in [0.3, 0.4) is 0 Å². The fourth-order valence-corrected chi connectivity index (χ4v) is 3.72. The molecule has 1 rings (SSSR count). The van der Waals surface area contributed by atoms with E-state index in [-0.39, 0.29) is 0 Å². The Kier molecular flexibility index (Phi) is 23.8. The van der Waals surface area contributed by atoms with Gasteiger partial charge in [0.2, 0.25) is 0 Å². The molecule has 0 aliphatic rings. The van der Waals surface area contributed by atoms with Crippen molar-refractivity contribution in [1.29, 1.82) is 0 Å². The minimum absolute atomic E-state index is 0.412. The lowest BCUT2D eigenvalue weighted by Crippen LogP contribution is -2.15. The van der Waals surface area contributed by atoms with Gasteiger partial charge in [0.1, 0.15) is 13.2 Å². The number of ether oxygens (including phenoxy) is 10. The second kappa shape index (κ2) is 25.2. The van der Waals surface area contributed by atoms with Gasteiger partial charge in [-0.1, -0.05) is 0 Å². The van der Waals surface area contributed by atoms with Crippen LogP contribution in [0.2, 0.25) is 0 Å². The van der Waals surface area contributed by atoms with Crippen molar-refractivity contribution in [2.24, 2.45) is 0 Å². The van der Waals surface area contributed by atoms with Crippen molar-refractivity contribution >= 4 is 45.2 Å². The Morgan fingerprint density at radius 3 is 0.944 bits per heavy atom. The summed E-state index contributed by atoms with van der Waals surface area (Å²) in [5, 5.41) is 0. The summed E-state index contributed by atoms with van der Waals surface area (Å²) < 4.78 is 56.5. The molecule has 0 heterocycles. The second-order valence-corrected chi connectivity index (χ2v) is 9.37. The summed E-state index contributed by atoms with van der Waals surface area (Å²) in [6, 6.07) is 4.00. The number of benzene rings is 1. The standard InChI is InChI=1S/C24H40I2O10/c1-27-5-7-29-9-11-31-13-15-33-17-19-35-23-21(25)3-4-22(26)24(23)36-20-18-34-16-14-32-12-10-30-8-6-28-2/h3-4H,5-20H2,1-2H3. The van der Waals surface area contributed by atoms with Crippen LogP contribution in [0.4, 0.5) is 0 Å². The van der Waals surface area contributed by atoms with Crippen LogP contribution in [0.1, 0.15) is 0 Å². The van der Waals surface area contributed by atoms with Gasteiger partial charge in [-0.25, -0.2) is 0 Å². The highest BCUT2D eigenvalue weighted by Crippen LogP contribution is 2.36. The van der Waals surface area contributed by atoms with Crippen molar-refractivity contribution in [2.75, 3.05) is 120 Å². The molecule has 0 N–H and O–H groups in total. The molecule has 0 radical (unpaired) electrons. The molecule has 0 atom stereocenters. The van der Waals surface area contributed by atoms with Crippen LogP contribution in [0.25, 0.3) is 0 Å². The smallest absolute Gasteiger partial charge is 0.175 e. The summed E-state index contributed by atoms with van der Waals surface area (Å²) in [5.41, 5.74) is 0. The Labute approximate surface area is 242 Å². The normalized spacial score (nSPS) is 11.2. The van der Waals surface area contributed by atoms with Crippen LogP contribution >= 0.6 is 45.2 Å². The molecule has 0 bridgehead atoms. The third-order valence-electron chi connectivity index (χ3n) is 4.32. The van der Waals surface area contributed by atoms with Gasteiger partial charge < -0.3 is 47.4 Å². The first-order valence-corrected chi connectivity index (χ1v) is 14.0. The number of methoxy groups -OCH3 is 2. The maximum absolute atomic E-state index is 5.97. The van der Waals surface area contributed by atoms with E-state index in [2.05, 4.69) is 45.2 Å². The second-order valence-electron chi connectivity index (χ2n) is 7.04. The predicted molar refractivity (Wildman–Crippen MR) is 152 cm³/mol. The molecule has 12 heteroatoms. The van der Waals surface area contributed by atoms with Crippen molar-refractivity contribution in [3.8, 4) is 11.5 Å². The monoisotopic (exact) mass is 742 g/mol. The van der Waals surface area contributed by atoms with Crippen LogP contribution < -0.4 is 9.47 Å². The van der Waals surface area contributed by atoms with E-state index in [0.29, 0.717) is 117 Å². The van der Waals surface area contributed by atoms with Gasteiger partial charge in [0.05, 0.1) is 99.6 Å². The van der Waals surface area contributed by atoms with Crippen LogP contribution in [-0.4, -0.2) is 120 Å². The van der Waals surface area contributed by atoms with Crippen LogP contribution in [0.15, 0.2) is 12.1 Å². The van der Waals surface area contributed by atoms with Crippen molar-refractivity contribution in [2.45, 2.75) is 0 Å². The Morgan fingerprint density at radius 2 is 0.667 bits per heavy atom. The minimum Gasteiger partial charge on any atom is -0.486 e. The summed E-state index contributed by atoms with van der Waals surface area (Å²) in [6.45, 7) is 8.23. The average Bonchev–Trinajstić information content (AvgIpc) is 2.88. The molecule has 0 aliphatic heterocycles. The van der Waals surface area contributed by atoms with Gasteiger partial charge in [-0.2, -0.15) is 0 Å². The maximum Gasteiger partial charge on any atom is 0.175 e. The molecule has 1 aromatic rings. The van der Waals surface area contributed by atoms with E-state index in [9.17, 15) is 0 Å². The van der Waals surface area contributed by atoms with E-state index in [4.69, 9.17) is 47.4 Å². The summed E-state index contributed by atoms with van der Waals surface area (Å²) in [6.07, 6.45) is 0. The first-order valence-electron chi connectivity index (χ1n) is 11.9. The van der Waals surface area contributed by atoms with Crippen molar-refractivity contribution < 1.29 is 47.4 Å². The largest absolute Gasteiger partial charge is 0.486 e. The molecule has 0 aliphatic carbocycles. The molecule has 0 amide bonds. The third kappa shape index (κ3) is 18.3. The summed E-state index contributed by atoms with van der Waals surface area (Å²) >= 11 is 4.48. The zero-order chi connectivity index (χ0) is 26.1. The lowest BCUT2D eigenvalue weighted by atomic mass is 10.3. The van der Waals surface area contributed by atoms with Crippen molar-refractivity contribution in [3.05, 3.63) is 19.3 Å². The Balaban J connectivity index is 2.13. The van der Waals surface area contributed by atoms with Gasteiger partial charge in [-0.05, 0) is 57.3 Å². The molecule has 0 unspecified atom stereocenters. The van der Waals surface area contributed by atoms with E-state index in [1.807, 2.05) is 12.1 Å². The topological polar surface area (TPSA) is 92.3 Å². The zero-order valence-corrected chi connectivity index (χ0v) is 25.6. The van der Waals surface area contributed by atoms with Crippen molar-refractivity contribution in [1.82, 2.24) is 0 Å². The number of hydrogen-bond acceptors (Lipinski definition) is 10. The highest BCUT2D eigenvalue weighted by atomic mass is 127. The van der Waals surface area contributed by atoms with Gasteiger partial charge in [0, 0.05) is 14.2 Å². The molecule has 0 fully saturated rings. The third-order valence-corrected chi connectivity index (χ3v) is 6.01. The Bertz CT molecular complexity index is 586. The molecule has 0 aromatic heterocycles. The van der Waals surface area contributed by atoms with Gasteiger partial charge in [-0.15, -0.1) is 0 Å². The lowest BCUT2D eigenvalue weighted by molar-refractivity contribution is -0.000945. The van der Waals surface area contributed by atoms with Crippen LogP contribution in [0.5, 0.6) is 11.5 Å². The Morgan fingerprint density at radius 1 is 0.417 bits per heavy atom. The quantitative estimate of drug-likeness (QED) is 0.104. The van der Waals surface area contributed by atoms with Crippen LogP contribution in [-0.2, 0) is 37.9 Å². The molecule has 210 valence electrons. The summed E-state index contributed by atoms with van der Waals surface area (Å²) in [4.78, 5) is 0. The fourth-order valence-electron chi connectivity index (χ4n) is 2.56. The van der Waals surface area contributed by atoms with Gasteiger partial charge in [-0.3, -0.25) is 0 Å². The maximum atomic E-state index is 5.97. The first kappa shape index (κ1) is 34.0.